The van der Waals surface area contributed by atoms with E-state index in [0.717, 1.165) is 11.1 Å². The van der Waals surface area contributed by atoms with Gasteiger partial charge < -0.3 is 4.57 Å². The number of rotatable bonds is 1. The third-order valence-corrected chi connectivity index (χ3v) is 4.82. The Kier molecular flexibility index (Phi) is 4.11. The topological polar surface area (TPSA) is 4.93 Å². The van der Waals surface area contributed by atoms with E-state index in [0.29, 0.717) is 0 Å². The van der Waals surface area contributed by atoms with Gasteiger partial charge in [-0.3, -0.25) is 0 Å². The van der Waals surface area contributed by atoms with Crippen LogP contribution in [0.2, 0.25) is 0 Å². The number of hydrogen-bond acceptors (Lipinski definition) is 0. The zero-order valence-electron chi connectivity index (χ0n) is 15.4. The first-order chi connectivity index (χ1) is 12.6. The average molecular weight is 335 g/mol. The van der Waals surface area contributed by atoms with Crippen LogP contribution in [0.4, 0.5) is 0 Å². The maximum atomic E-state index is 3.46. The van der Waals surface area contributed by atoms with Gasteiger partial charge in [-0.25, -0.2) is 0 Å². The molecule has 1 aromatic heterocycles. The zero-order valence-corrected chi connectivity index (χ0v) is 15.4. The van der Waals surface area contributed by atoms with E-state index in [4.69, 9.17) is 0 Å². The molecule has 1 heterocycles. The van der Waals surface area contributed by atoms with Gasteiger partial charge in [0.2, 0.25) is 0 Å². The van der Waals surface area contributed by atoms with Crippen LogP contribution in [0.25, 0.3) is 22.2 Å². The van der Waals surface area contributed by atoms with Gasteiger partial charge in [0.1, 0.15) is 0 Å². The quantitative estimate of drug-likeness (QED) is 0.384. The maximum Gasteiger partial charge on any atom is 0.0648 e. The molecule has 126 valence electrons. The molecular formula is C25H21N. The highest BCUT2D eigenvalue weighted by atomic mass is 14.9. The number of nitrogens with zero attached hydrogens (tertiary/aromatic N) is 1. The minimum Gasteiger partial charge on any atom is -0.343 e. The van der Waals surface area contributed by atoms with Crippen molar-refractivity contribution < 1.29 is 0 Å². The molecule has 1 nitrogen and oxygen atoms in total. The molecule has 0 radical (unpaired) electrons. The normalized spacial score (nSPS) is 10.6. The molecule has 26 heavy (non-hydrogen) atoms. The number of fused-ring (bicyclic) bond motifs is 1. The van der Waals surface area contributed by atoms with E-state index in [1.165, 1.54) is 33.3 Å². The lowest BCUT2D eigenvalue weighted by molar-refractivity contribution is 0.977. The fourth-order valence-electron chi connectivity index (χ4n) is 3.34. The van der Waals surface area contributed by atoms with Gasteiger partial charge in [0.25, 0.3) is 0 Å². The van der Waals surface area contributed by atoms with Gasteiger partial charge in [0.15, 0.2) is 0 Å². The number of aryl methyl sites for hydroxylation is 3. The molecule has 0 saturated heterocycles. The highest BCUT2D eigenvalue weighted by molar-refractivity contribution is 5.95. The highest BCUT2D eigenvalue weighted by Crippen LogP contribution is 2.32. The van der Waals surface area contributed by atoms with Crippen LogP contribution in [-0.4, -0.2) is 4.57 Å². The fraction of sp³-hybridized carbons (Fsp3) is 0.120. The van der Waals surface area contributed by atoms with Crippen LogP contribution in [0.15, 0.2) is 72.8 Å². The predicted octanol–water partition coefficient (Wildman–Crippen LogP) is 5.86. The van der Waals surface area contributed by atoms with E-state index in [-0.39, 0.29) is 0 Å². The van der Waals surface area contributed by atoms with Crippen molar-refractivity contribution in [1.82, 2.24) is 4.57 Å². The summed E-state index contributed by atoms with van der Waals surface area (Å²) in [4.78, 5) is 0. The van der Waals surface area contributed by atoms with Crippen molar-refractivity contribution in [3.8, 4) is 23.1 Å². The molecule has 0 aliphatic carbocycles. The summed E-state index contributed by atoms with van der Waals surface area (Å²) in [6.45, 7) is 4.21. The molecule has 4 aromatic rings. The van der Waals surface area contributed by atoms with Crippen LogP contribution >= 0.6 is 0 Å². The molecule has 0 bridgehead atoms. The van der Waals surface area contributed by atoms with E-state index in [9.17, 15) is 0 Å². The molecule has 0 spiro atoms. The van der Waals surface area contributed by atoms with Gasteiger partial charge in [-0.2, -0.15) is 0 Å². The van der Waals surface area contributed by atoms with Crippen molar-refractivity contribution in [1.29, 1.82) is 0 Å². The van der Waals surface area contributed by atoms with E-state index in [1.807, 2.05) is 0 Å². The monoisotopic (exact) mass is 335 g/mol. The Hall–Kier alpha value is -3.24. The average Bonchev–Trinajstić information content (AvgIpc) is 2.94. The van der Waals surface area contributed by atoms with E-state index in [2.05, 4.69) is 110 Å². The first kappa shape index (κ1) is 16.2. The summed E-state index contributed by atoms with van der Waals surface area (Å²) in [5.74, 6) is 6.81. The van der Waals surface area contributed by atoms with Crippen molar-refractivity contribution >= 4 is 10.9 Å². The smallest absolute Gasteiger partial charge is 0.0648 e. The molecule has 0 unspecified atom stereocenters. The first-order valence-electron chi connectivity index (χ1n) is 8.86. The third kappa shape index (κ3) is 2.91. The van der Waals surface area contributed by atoms with Crippen molar-refractivity contribution in [2.45, 2.75) is 13.8 Å². The molecule has 0 N–H and O–H groups in total. The minimum atomic E-state index is 1.04. The maximum absolute atomic E-state index is 3.46. The molecule has 0 aliphatic rings. The van der Waals surface area contributed by atoms with Gasteiger partial charge in [0, 0.05) is 23.5 Å². The first-order valence-corrected chi connectivity index (χ1v) is 8.86. The van der Waals surface area contributed by atoms with E-state index < -0.39 is 0 Å². The van der Waals surface area contributed by atoms with Crippen LogP contribution in [0.5, 0.6) is 0 Å². The fourth-order valence-corrected chi connectivity index (χ4v) is 3.34. The molecule has 0 fully saturated rings. The predicted molar refractivity (Wildman–Crippen MR) is 110 cm³/mol. The summed E-state index contributed by atoms with van der Waals surface area (Å²) >= 11 is 0. The molecule has 1 heteroatoms. The Bertz CT molecular complexity index is 1130. The van der Waals surface area contributed by atoms with E-state index in [1.54, 1.807) is 0 Å². The molecule has 4 rings (SSSR count). The summed E-state index contributed by atoms with van der Waals surface area (Å²) in [5, 5.41) is 1.20. The van der Waals surface area contributed by atoms with Crippen LogP contribution < -0.4 is 0 Å². The summed E-state index contributed by atoms with van der Waals surface area (Å²) in [7, 11) is 2.12. The molecule has 0 atom stereocenters. The highest BCUT2D eigenvalue weighted by Gasteiger charge is 2.14. The molecule has 0 aliphatic heterocycles. The summed E-state index contributed by atoms with van der Waals surface area (Å²) in [6, 6.07) is 25.5. The van der Waals surface area contributed by atoms with Crippen LogP contribution in [0.1, 0.15) is 22.3 Å². The Labute approximate surface area is 154 Å². The van der Waals surface area contributed by atoms with Crippen LogP contribution in [0, 0.1) is 25.7 Å². The van der Waals surface area contributed by atoms with Gasteiger partial charge in [-0.05, 0) is 37.6 Å². The lowest BCUT2D eigenvalue weighted by Gasteiger charge is -2.06. The zero-order chi connectivity index (χ0) is 18.1. The lowest BCUT2D eigenvalue weighted by atomic mass is 10.0. The van der Waals surface area contributed by atoms with Gasteiger partial charge >= 0.3 is 0 Å². The standard InChI is InChI=1S/C25H21N/c1-18-8-12-20(13-9-18)14-17-23-22-6-4-5-7-24(22)26(3)25(23)21-15-10-19(2)11-16-21/h4-13,15-16H,1-3H3. The van der Waals surface area contributed by atoms with Gasteiger partial charge in [0.05, 0.1) is 11.3 Å². The van der Waals surface area contributed by atoms with Crippen molar-refractivity contribution in [3.63, 3.8) is 0 Å². The van der Waals surface area contributed by atoms with Crippen molar-refractivity contribution in [3.05, 3.63) is 95.1 Å². The third-order valence-electron chi connectivity index (χ3n) is 4.82. The van der Waals surface area contributed by atoms with Crippen LogP contribution in [-0.2, 0) is 7.05 Å². The number of hydrogen-bond donors (Lipinski definition) is 0. The van der Waals surface area contributed by atoms with Gasteiger partial charge in [-0.15, -0.1) is 0 Å². The largest absolute Gasteiger partial charge is 0.343 e. The molecular weight excluding hydrogens is 314 g/mol. The molecule has 0 saturated carbocycles. The number of benzene rings is 3. The van der Waals surface area contributed by atoms with Crippen molar-refractivity contribution in [2.24, 2.45) is 7.05 Å². The van der Waals surface area contributed by atoms with E-state index >= 15 is 0 Å². The van der Waals surface area contributed by atoms with Gasteiger partial charge in [-0.1, -0.05) is 77.6 Å². The summed E-state index contributed by atoms with van der Waals surface area (Å²) < 4.78 is 2.25. The second kappa shape index (κ2) is 6.58. The Morgan fingerprint density at radius 3 is 2.00 bits per heavy atom. The molecule has 3 aromatic carbocycles. The second-order valence-electron chi connectivity index (χ2n) is 6.78. The second-order valence-corrected chi connectivity index (χ2v) is 6.78. The minimum absolute atomic E-state index is 1.04. The molecule has 0 amide bonds. The number of aromatic nitrogens is 1. The van der Waals surface area contributed by atoms with Crippen LogP contribution in [0.3, 0.4) is 0 Å². The Morgan fingerprint density at radius 2 is 1.31 bits per heavy atom. The Balaban J connectivity index is 1.94. The van der Waals surface area contributed by atoms with Crippen molar-refractivity contribution in [2.75, 3.05) is 0 Å². The summed E-state index contributed by atoms with van der Waals surface area (Å²) in [6.07, 6.45) is 0. The summed E-state index contributed by atoms with van der Waals surface area (Å²) in [5.41, 5.74) is 8.22. The Morgan fingerprint density at radius 1 is 0.692 bits per heavy atom. The lowest BCUT2D eigenvalue weighted by Crippen LogP contribution is -1.92. The SMILES string of the molecule is Cc1ccc(C#Cc2c(-c3ccc(C)cc3)n(C)c3ccccc23)cc1. The number of para-hydroxylation sites is 1.